The molecule has 0 bridgehead atoms. The first-order valence-electron chi connectivity index (χ1n) is 2.59. The van der Waals surface area contributed by atoms with Gasteiger partial charge in [0.25, 0.3) is 0 Å². The molecule has 0 aliphatic carbocycles. The molecule has 0 unspecified atom stereocenters. The van der Waals surface area contributed by atoms with Crippen molar-refractivity contribution in [3.05, 3.63) is 11.1 Å². The molecule has 0 N–H and O–H groups in total. The summed E-state index contributed by atoms with van der Waals surface area (Å²) >= 11 is 10.7. The van der Waals surface area contributed by atoms with Crippen LogP contribution in [0.1, 0.15) is 13.3 Å². The Bertz CT molecular complexity index is 125. The lowest BCUT2D eigenvalue weighted by molar-refractivity contribution is -0.114. The van der Waals surface area contributed by atoms with E-state index in [1.807, 2.05) is 0 Å². The van der Waals surface area contributed by atoms with Gasteiger partial charge in [-0.15, -0.1) is 11.6 Å². The van der Waals surface area contributed by atoms with E-state index in [1.165, 1.54) is 6.08 Å². The third kappa shape index (κ3) is 5.87. The van der Waals surface area contributed by atoms with Crippen LogP contribution in [0.5, 0.6) is 0 Å². The lowest BCUT2D eigenvalue weighted by Crippen LogP contribution is -1.92. The predicted octanol–water partition coefficient (Wildman–Crippen LogP) is 2.33. The van der Waals surface area contributed by atoms with E-state index >= 15 is 0 Å². The average Bonchev–Trinajstić information content (AvgIpc) is 1.63. The normalized spacial score (nSPS) is 11.7. The van der Waals surface area contributed by atoms with Crippen LogP contribution in [0.2, 0.25) is 0 Å². The zero-order valence-electron chi connectivity index (χ0n) is 5.16. The van der Waals surface area contributed by atoms with Crippen molar-refractivity contribution >= 4 is 29.0 Å². The molecular weight excluding hydrogens is 159 g/mol. The van der Waals surface area contributed by atoms with Gasteiger partial charge < -0.3 is 0 Å². The van der Waals surface area contributed by atoms with E-state index in [4.69, 9.17) is 23.2 Å². The predicted molar refractivity (Wildman–Crippen MR) is 40.0 cm³/mol. The molecule has 0 saturated carbocycles. The summed E-state index contributed by atoms with van der Waals surface area (Å²) in [6.45, 7) is 1.66. The fourth-order valence-electron chi connectivity index (χ4n) is 0.387. The molecule has 0 heterocycles. The van der Waals surface area contributed by atoms with Gasteiger partial charge in [-0.05, 0) is 13.0 Å². The second-order valence-electron chi connectivity index (χ2n) is 1.64. The molecule has 52 valence electrons. The highest BCUT2D eigenvalue weighted by Crippen LogP contribution is 1.99. The fraction of sp³-hybridized carbons (Fsp3) is 0.500. The average molecular weight is 167 g/mol. The molecule has 0 rings (SSSR count). The lowest BCUT2D eigenvalue weighted by atomic mass is 10.3. The van der Waals surface area contributed by atoms with Gasteiger partial charge in [-0.25, -0.2) is 0 Å². The van der Waals surface area contributed by atoms with Crippen LogP contribution < -0.4 is 0 Å². The Morgan fingerprint density at radius 2 is 2.22 bits per heavy atom. The van der Waals surface area contributed by atoms with Crippen LogP contribution in [-0.4, -0.2) is 11.7 Å². The molecule has 0 aromatic rings. The van der Waals surface area contributed by atoms with Crippen LogP contribution in [-0.2, 0) is 4.79 Å². The van der Waals surface area contributed by atoms with Gasteiger partial charge in [0, 0.05) is 17.3 Å². The largest absolute Gasteiger partial charge is 0.295 e. The molecule has 9 heavy (non-hydrogen) atoms. The molecular formula is C6H8Cl2O. The Morgan fingerprint density at radius 1 is 1.67 bits per heavy atom. The Labute approximate surface area is 64.6 Å². The maximum Gasteiger partial charge on any atom is 0.158 e. The quantitative estimate of drug-likeness (QED) is 0.465. The summed E-state index contributed by atoms with van der Waals surface area (Å²) < 4.78 is 0. The Balaban J connectivity index is 3.63. The summed E-state index contributed by atoms with van der Waals surface area (Å²) in [6, 6.07) is 0. The standard InChI is InChI=1S/C6H8Cl2O/c1-5(8)4-6(9)2-3-7/h4H,2-3H2,1H3. The number of carbonyl (C=O) groups excluding carboxylic acids is 1. The number of carbonyl (C=O) groups is 1. The summed E-state index contributed by atoms with van der Waals surface area (Å²) in [5, 5.41) is 0.505. The molecule has 0 fully saturated rings. The maximum atomic E-state index is 10.6. The van der Waals surface area contributed by atoms with E-state index < -0.39 is 0 Å². The van der Waals surface area contributed by atoms with E-state index in [9.17, 15) is 4.79 Å². The van der Waals surface area contributed by atoms with Gasteiger partial charge in [0.1, 0.15) is 0 Å². The van der Waals surface area contributed by atoms with Gasteiger partial charge in [0.15, 0.2) is 5.78 Å². The van der Waals surface area contributed by atoms with Crippen molar-refractivity contribution < 1.29 is 4.79 Å². The van der Waals surface area contributed by atoms with Crippen molar-refractivity contribution in [2.45, 2.75) is 13.3 Å². The van der Waals surface area contributed by atoms with Gasteiger partial charge in [-0.2, -0.15) is 0 Å². The molecule has 0 saturated heterocycles. The maximum absolute atomic E-state index is 10.6. The first-order valence-corrected chi connectivity index (χ1v) is 3.50. The molecule has 0 aromatic carbocycles. The van der Waals surface area contributed by atoms with Crippen LogP contribution in [0.3, 0.4) is 0 Å². The molecule has 0 atom stereocenters. The van der Waals surface area contributed by atoms with Gasteiger partial charge in [-0.1, -0.05) is 11.6 Å². The van der Waals surface area contributed by atoms with E-state index in [0.29, 0.717) is 17.3 Å². The van der Waals surface area contributed by atoms with E-state index in [0.717, 1.165) is 0 Å². The zero-order valence-corrected chi connectivity index (χ0v) is 6.67. The third-order valence-electron chi connectivity index (χ3n) is 0.701. The van der Waals surface area contributed by atoms with Crippen molar-refractivity contribution in [3.63, 3.8) is 0 Å². The van der Waals surface area contributed by atoms with Crippen molar-refractivity contribution in [1.82, 2.24) is 0 Å². The molecule has 0 aromatic heterocycles. The first-order chi connectivity index (χ1) is 4.16. The molecule has 1 nitrogen and oxygen atoms in total. The summed E-state index contributed by atoms with van der Waals surface area (Å²) in [5.74, 6) is 0.344. The van der Waals surface area contributed by atoms with Crippen LogP contribution >= 0.6 is 23.2 Å². The smallest absolute Gasteiger partial charge is 0.158 e. The fourth-order valence-corrected chi connectivity index (χ4v) is 0.695. The van der Waals surface area contributed by atoms with Crippen LogP contribution in [0.25, 0.3) is 0 Å². The van der Waals surface area contributed by atoms with Crippen LogP contribution in [0, 0.1) is 0 Å². The Kier molecular flexibility index (Phi) is 4.83. The topological polar surface area (TPSA) is 17.1 Å². The lowest BCUT2D eigenvalue weighted by Gasteiger charge is -1.86. The van der Waals surface area contributed by atoms with E-state index in [2.05, 4.69) is 0 Å². The number of ketones is 1. The number of alkyl halides is 1. The second kappa shape index (κ2) is 4.83. The highest BCUT2D eigenvalue weighted by Gasteiger charge is 1.94. The minimum atomic E-state index is -0.0162. The Hall–Kier alpha value is -0.0100. The Morgan fingerprint density at radius 3 is 2.56 bits per heavy atom. The van der Waals surface area contributed by atoms with Crippen molar-refractivity contribution in [2.75, 3.05) is 5.88 Å². The summed E-state index contributed by atoms with van der Waals surface area (Å²) in [4.78, 5) is 10.6. The SMILES string of the molecule is CC(Cl)=CC(=O)CCCl. The van der Waals surface area contributed by atoms with Gasteiger partial charge in [0.05, 0.1) is 0 Å². The molecule has 0 aliphatic rings. The molecule has 0 aliphatic heterocycles. The van der Waals surface area contributed by atoms with Gasteiger partial charge in [0.2, 0.25) is 0 Å². The van der Waals surface area contributed by atoms with Crippen molar-refractivity contribution in [3.8, 4) is 0 Å². The minimum Gasteiger partial charge on any atom is -0.295 e. The van der Waals surface area contributed by atoms with Crippen LogP contribution in [0.4, 0.5) is 0 Å². The van der Waals surface area contributed by atoms with Gasteiger partial charge in [-0.3, -0.25) is 4.79 Å². The number of rotatable bonds is 3. The molecule has 0 radical (unpaired) electrons. The van der Waals surface area contributed by atoms with E-state index in [-0.39, 0.29) is 5.78 Å². The number of hydrogen-bond acceptors (Lipinski definition) is 1. The summed E-state index contributed by atoms with van der Waals surface area (Å²) in [6.07, 6.45) is 1.75. The molecule has 3 heteroatoms. The second-order valence-corrected chi connectivity index (χ2v) is 2.61. The van der Waals surface area contributed by atoms with Gasteiger partial charge >= 0.3 is 0 Å². The number of halogens is 2. The van der Waals surface area contributed by atoms with Crippen molar-refractivity contribution in [1.29, 1.82) is 0 Å². The highest BCUT2D eigenvalue weighted by molar-refractivity contribution is 6.30. The minimum absolute atomic E-state index is 0.0162. The van der Waals surface area contributed by atoms with Crippen molar-refractivity contribution in [2.24, 2.45) is 0 Å². The molecule has 0 spiro atoms. The third-order valence-corrected chi connectivity index (χ3v) is 0.999. The first kappa shape index (κ1) is 8.99. The monoisotopic (exact) mass is 166 g/mol. The van der Waals surface area contributed by atoms with Crippen LogP contribution in [0.15, 0.2) is 11.1 Å². The highest BCUT2D eigenvalue weighted by atomic mass is 35.5. The molecule has 0 amide bonds. The summed E-state index contributed by atoms with van der Waals surface area (Å²) in [7, 11) is 0. The summed E-state index contributed by atoms with van der Waals surface area (Å²) in [5.41, 5.74) is 0. The number of hydrogen-bond donors (Lipinski definition) is 0. The van der Waals surface area contributed by atoms with E-state index in [1.54, 1.807) is 6.92 Å². The zero-order chi connectivity index (χ0) is 7.28. The number of allylic oxidation sites excluding steroid dienone is 2.